The average Bonchev–Trinajstić information content (AvgIpc) is 1.84. The molecule has 0 rings (SSSR count). The lowest BCUT2D eigenvalue weighted by atomic mass is 10.3. The highest BCUT2D eigenvalue weighted by atomic mass is 35.5. The highest BCUT2D eigenvalue weighted by Crippen LogP contribution is 2.15. The number of carbonyl (C=O) groups is 1. The minimum absolute atomic E-state index is 0.149. The molecule has 0 saturated heterocycles. The smallest absolute Gasteiger partial charge is 0.168 e. The zero-order chi connectivity index (χ0) is 7.44. The van der Waals surface area contributed by atoms with Crippen LogP contribution in [0.4, 0.5) is 0 Å². The van der Waals surface area contributed by atoms with Crippen molar-refractivity contribution >= 4 is 52.2 Å². The molecule has 5 heteroatoms. The van der Waals surface area contributed by atoms with Gasteiger partial charge < -0.3 is 0 Å². The number of carbonyl (C=O) groups excluding carboxylic acids is 1. The maximum absolute atomic E-state index is 10.5. The van der Waals surface area contributed by atoms with Crippen LogP contribution >= 0.6 is 46.4 Å². The van der Waals surface area contributed by atoms with Crippen LogP contribution in [-0.2, 0) is 4.79 Å². The van der Waals surface area contributed by atoms with Crippen molar-refractivity contribution in [3.63, 3.8) is 0 Å². The normalized spacial score (nSPS) is 13.9. The van der Waals surface area contributed by atoms with Crippen molar-refractivity contribution in [3.05, 3.63) is 0 Å². The molecule has 1 nitrogen and oxygen atoms in total. The Morgan fingerprint density at radius 1 is 1.33 bits per heavy atom. The molecule has 0 fully saturated rings. The first-order valence-corrected chi connectivity index (χ1v) is 3.95. The predicted octanol–water partition coefficient (Wildman–Crippen LogP) is 2.21. The molecule has 0 aliphatic rings. The number of halogens is 4. The van der Waals surface area contributed by atoms with Crippen LogP contribution in [0.3, 0.4) is 0 Å². The molecular weight excluding hydrogens is 206 g/mol. The van der Waals surface area contributed by atoms with Crippen molar-refractivity contribution in [2.45, 2.75) is 10.2 Å². The third-order valence-electron chi connectivity index (χ3n) is 0.661. The highest BCUT2D eigenvalue weighted by molar-refractivity contribution is 6.52. The summed E-state index contributed by atoms with van der Waals surface area (Å²) in [7, 11) is 0. The van der Waals surface area contributed by atoms with Gasteiger partial charge in [-0.1, -0.05) is 0 Å². The van der Waals surface area contributed by atoms with Gasteiger partial charge in [0.2, 0.25) is 0 Å². The first-order valence-electron chi connectivity index (χ1n) is 2.10. The van der Waals surface area contributed by atoms with Gasteiger partial charge >= 0.3 is 0 Å². The van der Waals surface area contributed by atoms with Crippen LogP contribution in [0.5, 0.6) is 0 Å². The summed E-state index contributed by atoms with van der Waals surface area (Å²) in [5.74, 6) is -0.502. The maximum atomic E-state index is 10.5. The molecule has 0 aliphatic heterocycles. The standard InChI is InChI=1S/C4H4Cl4O/c5-1-2(9)3(6)4(7)8/h3-4H,1H2. The summed E-state index contributed by atoms with van der Waals surface area (Å²) in [5.41, 5.74) is 0. The topological polar surface area (TPSA) is 17.1 Å². The third kappa shape index (κ3) is 3.51. The Morgan fingerprint density at radius 3 is 1.89 bits per heavy atom. The molecule has 0 amide bonds. The van der Waals surface area contributed by atoms with E-state index in [1.165, 1.54) is 0 Å². The molecule has 0 aromatic carbocycles. The SMILES string of the molecule is O=C(CCl)C(Cl)C(Cl)Cl. The number of alkyl halides is 4. The largest absolute Gasteiger partial charge is 0.297 e. The Kier molecular flexibility index (Phi) is 5.04. The molecule has 0 aliphatic carbocycles. The molecule has 0 aromatic heterocycles. The molecule has 1 unspecified atom stereocenters. The average molecular weight is 210 g/mol. The molecule has 0 aromatic rings. The Labute approximate surface area is 73.2 Å². The molecule has 0 spiro atoms. The molecule has 0 heterocycles. The Bertz CT molecular complexity index is 103. The van der Waals surface area contributed by atoms with Crippen molar-refractivity contribution in [1.29, 1.82) is 0 Å². The summed E-state index contributed by atoms with van der Waals surface area (Å²) in [6, 6.07) is 0. The van der Waals surface area contributed by atoms with Gasteiger partial charge in [-0.25, -0.2) is 0 Å². The van der Waals surface area contributed by atoms with Gasteiger partial charge in [0.15, 0.2) is 5.78 Å². The fraction of sp³-hybridized carbons (Fsp3) is 0.750. The maximum Gasteiger partial charge on any atom is 0.168 e. The molecule has 0 radical (unpaired) electrons. The minimum atomic E-state index is -0.883. The summed E-state index contributed by atoms with van der Waals surface area (Å²) in [4.78, 5) is 9.64. The second-order valence-corrected chi connectivity index (χ2v) is 3.24. The minimum Gasteiger partial charge on any atom is -0.297 e. The van der Waals surface area contributed by atoms with Crippen LogP contribution in [0.2, 0.25) is 0 Å². The Hall–Kier alpha value is 0.830. The van der Waals surface area contributed by atoms with Gasteiger partial charge in [-0.3, -0.25) is 4.79 Å². The van der Waals surface area contributed by atoms with Gasteiger partial charge in [-0.2, -0.15) is 0 Å². The monoisotopic (exact) mass is 208 g/mol. The number of ketones is 1. The lowest BCUT2D eigenvalue weighted by Crippen LogP contribution is -2.22. The highest BCUT2D eigenvalue weighted by Gasteiger charge is 2.20. The summed E-state index contributed by atoms with van der Waals surface area (Å²) in [5, 5.41) is -0.883. The number of hydrogen-bond donors (Lipinski definition) is 0. The third-order valence-corrected chi connectivity index (χ3v) is 2.18. The molecule has 1 atom stereocenters. The molecule has 0 N–H and O–H groups in total. The van der Waals surface area contributed by atoms with Crippen LogP contribution in [0.1, 0.15) is 0 Å². The van der Waals surface area contributed by atoms with Crippen LogP contribution < -0.4 is 0 Å². The summed E-state index contributed by atoms with van der Waals surface area (Å²) in [6.45, 7) is 0. The quantitative estimate of drug-likeness (QED) is 0.652. The van der Waals surface area contributed by atoms with E-state index in [-0.39, 0.29) is 11.7 Å². The van der Waals surface area contributed by atoms with E-state index in [1.807, 2.05) is 0 Å². The lowest BCUT2D eigenvalue weighted by molar-refractivity contribution is -0.116. The zero-order valence-corrected chi connectivity index (χ0v) is 7.31. The summed E-state index contributed by atoms with van der Waals surface area (Å²) in [6.07, 6.45) is 0. The Balaban J connectivity index is 3.72. The second-order valence-electron chi connectivity index (χ2n) is 1.34. The van der Waals surface area contributed by atoms with E-state index in [9.17, 15) is 4.79 Å². The number of rotatable bonds is 3. The van der Waals surface area contributed by atoms with Crippen LogP contribution in [0.25, 0.3) is 0 Å². The van der Waals surface area contributed by atoms with Crippen molar-refractivity contribution < 1.29 is 4.79 Å². The first kappa shape index (κ1) is 9.83. The van der Waals surface area contributed by atoms with E-state index >= 15 is 0 Å². The summed E-state index contributed by atoms with van der Waals surface area (Å²) >= 11 is 21.0. The van der Waals surface area contributed by atoms with Crippen molar-refractivity contribution in [2.75, 3.05) is 5.88 Å². The van der Waals surface area contributed by atoms with E-state index in [4.69, 9.17) is 46.4 Å². The van der Waals surface area contributed by atoms with Gasteiger partial charge in [-0.15, -0.1) is 46.4 Å². The van der Waals surface area contributed by atoms with E-state index < -0.39 is 10.2 Å². The zero-order valence-electron chi connectivity index (χ0n) is 4.28. The fourth-order valence-electron chi connectivity index (χ4n) is 0.214. The van der Waals surface area contributed by atoms with Crippen molar-refractivity contribution in [3.8, 4) is 0 Å². The number of Topliss-reactive ketones (excluding diaryl/α,β-unsaturated/α-hetero) is 1. The van der Waals surface area contributed by atoms with Gasteiger partial charge in [0.05, 0.1) is 5.88 Å². The Morgan fingerprint density at radius 2 is 1.78 bits per heavy atom. The molecule has 0 bridgehead atoms. The second kappa shape index (κ2) is 4.62. The fourth-order valence-corrected chi connectivity index (χ4v) is 0.818. The van der Waals surface area contributed by atoms with Gasteiger partial charge in [-0.05, 0) is 0 Å². The summed E-state index contributed by atoms with van der Waals surface area (Å²) < 4.78 is 0. The van der Waals surface area contributed by atoms with Gasteiger partial charge in [0.1, 0.15) is 10.2 Å². The van der Waals surface area contributed by atoms with Crippen LogP contribution in [0, 0.1) is 0 Å². The first-order chi connectivity index (χ1) is 4.09. The van der Waals surface area contributed by atoms with Gasteiger partial charge in [0.25, 0.3) is 0 Å². The van der Waals surface area contributed by atoms with E-state index in [2.05, 4.69) is 0 Å². The van der Waals surface area contributed by atoms with E-state index in [0.29, 0.717) is 0 Å². The molecule has 9 heavy (non-hydrogen) atoms. The predicted molar refractivity (Wildman–Crippen MR) is 40.9 cm³/mol. The van der Waals surface area contributed by atoms with Crippen molar-refractivity contribution in [2.24, 2.45) is 0 Å². The lowest BCUT2D eigenvalue weighted by Gasteiger charge is -2.04. The van der Waals surface area contributed by atoms with Gasteiger partial charge in [0, 0.05) is 0 Å². The van der Waals surface area contributed by atoms with Crippen molar-refractivity contribution in [1.82, 2.24) is 0 Å². The molecule has 0 saturated carbocycles. The van der Waals surface area contributed by atoms with E-state index in [0.717, 1.165) is 0 Å². The molecule has 54 valence electrons. The van der Waals surface area contributed by atoms with Crippen LogP contribution in [0.15, 0.2) is 0 Å². The van der Waals surface area contributed by atoms with Crippen LogP contribution in [-0.4, -0.2) is 21.9 Å². The van der Waals surface area contributed by atoms with E-state index in [1.54, 1.807) is 0 Å². The number of hydrogen-bond acceptors (Lipinski definition) is 1. The molecular formula is C4H4Cl4O.